The fourth-order valence-electron chi connectivity index (χ4n) is 5.38. The number of hydrogen-bond donors (Lipinski definition) is 2. The quantitative estimate of drug-likeness (QED) is 0.519. The second kappa shape index (κ2) is 9.60. The van der Waals surface area contributed by atoms with Gasteiger partial charge >= 0.3 is 0 Å². The number of amides is 2. The number of nitrogens with one attached hydrogen (secondary N) is 1. The van der Waals surface area contributed by atoms with E-state index in [9.17, 15) is 14.0 Å². The number of piperidine rings is 1. The molecule has 3 aliphatic heterocycles. The van der Waals surface area contributed by atoms with Gasteiger partial charge in [0, 0.05) is 31.5 Å². The monoisotopic (exact) mass is 517 g/mol. The van der Waals surface area contributed by atoms with E-state index in [1.165, 1.54) is 6.42 Å². The average molecular weight is 518 g/mol. The molecule has 3 aromatic rings. The van der Waals surface area contributed by atoms with Crippen LogP contribution in [0.15, 0.2) is 54.1 Å². The Hall–Kier alpha value is -4.19. The number of dihydropyridines is 1. The zero-order valence-corrected chi connectivity index (χ0v) is 20.8. The number of aliphatic imine (C=N–C) groups is 1. The van der Waals surface area contributed by atoms with Crippen LogP contribution in [0.2, 0.25) is 0 Å². The Kier molecular flexibility index (Phi) is 6.10. The molecule has 3 aromatic heterocycles. The standard InChI is InChI=1S/C26H28FN9O2/c27-18-14-30-23-21(22(28)33-36(23)15-18)24(37)32-26(17-3-8-29-9-4-17)7-2-20(31-16-26)25(38)35-12-5-19(6-13-35)34-10-1-11-34/h2-4,7-9,14-15,19H,1,5-6,10-13,16H2,(H2,28,33)(H,32,37). The summed E-state index contributed by atoms with van der Waals surface area (Å²) in [6.45, 7) is 3.84. The number of carbonyl (C=O) groups excluding carboxylic acids is 2. The van der Waals surface area contributed by atoms with E-state index in [1.807, 2.05) is 4.90 Å². The normalized spacial score (nSPS) is 22.2. The largest absolute Gasteiger partial charge is 0.381 e. The molecule has 0 aliphatic carbocycles. The minimum Gasteiger partial charge on any atom is -0.381 e. The van der Waals surface area contributed by atoms with Crippen molar-refractivity contribution in [3.05, 3.63) is 66.0 Å². The number of aromatic nitrogens is 4. The molecule has 2 amide bonds. The lowest BCUT2D eigenvalue weighted by atomic mass is 9.87. The second-order valence-corrected chi connectivity index (χ2v) is 9.91. The predicted molar refractivity (Wildman–Crippen MR) is 138 cm³/mol. The molecule has 0 saturated carbocycles. The molecule has 2 fully saturated rings. The number of hydrogen-bond acceptors (Lipinski definition) is 8. The van der Waals surface area contributed by atoms with Crippen LogP contribution in [-0.2, 0) is 10.3 Å². The highest BCUT2D eigenvalue weighted by atomic mass is 19.1. The van der Waals surface area contributed by atoms with E-state index in [-0.39, 0.29) is 29.5 Å². The van der Waals surface area contributed by atoms with Gasteiger partial charge in [-0.1, -0.05) is 6.08 Å². The van der Waals surface area contributed by atoms with E-state index in [1.54, 1.807) is 36.7 Å². The molecule has 6 heterocycles. The number of fused-ring (bicyclic) bond motifs is 1. The van der Waals surface area contributed by atoms with Crippen molar-refractivity contribution in [2.75, 3.05) is 38.5 Å². The average Bonchev–Trinajstić information content (AvgIpc) is 3.23. The summed E-state index contributed by atoms with van der Waals surface area (Å²) in [5.74, 6) is -1.33. The molecule has 3 aliphatic rings. The molecule has 12 heteroatoms. The summed E-state index contributed by atoms with van der Waals surface area (Å²) in [7, 11) is 0. The van der Waals surface area contributed by atoms with Gasteiger partial charge in [0.15, 0.2) is 17.3 Å². The van der Waals surface area contributed by atoms with E-state index >= 15 is 0 Å². The summed E-state index contributed by atoms with van der Waals surface area (Å²) in [6, 6.07) is 4.12. The Morgan fingerprint density at radius 1 is 1.13 bits per heavy atom. The number of carbonyl (C=O) groups is 2. The van der Waals surface area contributed by atoms with E-state index in [4.69, 9.17) is 5.73 Å². The van der Waals surface area contributed by atoms with Crippen molar-refractivity contribution in [2.24, 2.45) is 4.99 Å². The Labute approximate surface area is 218 Å². The molecular formula is C26H28FN9O2. The van der Waals surface area contributed by atoms with E-state index in [0.29, 0.717) is 24.8 Å². The fraction of sp³-hybridized carbons (Fsp3) is 0.385. The van der Waals surface area contributed by atoms with Gasteiger partial charge in [0.25, 0.3) is 11.8 Å². The lowest BCUT2D eigenvalue weighted by Gasteiger charge is -2.43. The molecule has 0 aromatic carbocycles. The van der Waals surface area contributed by atoms with Crippen LogP contribution in [0.5, 0.6) is 0 Å². The maximum absolute atomic E-state index is 13.6. The highest BCUT2D eigenvalue weighted by Crippen LogP contribution is 2.29. The minimum absolute atomic E-state index is 0.0303. The molecule has 0 bridgehead atoms. The number of likely N-dealkylation sites (tertiary alicyclic amines) is 2. The maximum Gasteiger partial charge on any atom is 0.271 e. The second-order valence-electron chi connectivity index (χ2n) is 9.91. The number of nitrogens with two attached hydrogens (primary N) is 1. The molecule has 0 spiro atoms. The first-order valence-electron chi connectivity index (χ1n) is 12.7. The van der Waals surface area contributed by atoms with Crippen LogP contribution >= 0.6 is 0 Å². The van der Waals surface area contributed by atoms with Crippen molar-refractivity contribution in [3.63, 3.8) is 0 Å². The Morgan fingerprint density at radius 3 is 2.55 bits per heavy atom. The summed E-state index contributed by atoms with van der Waals surface area (Å²) in [5.41, 5.74) is 6.21. The number of pyridine rings is 1. The van der Waals surface area contributed by atoms with Gasteiger partial charge in [0.2, 0.25) is 0 Å². The Morgan fingerprint density at radius 2 is 1.89 bits per heavy atom. The molecule has 196 valence electrons. The van der Waals surface area contributed by atoms with Crippen molar-refractivity contribution in [1.29, 1.82) is 0 Å². The third kappa shape index (κ3) is 4.30. The van der Waals surface area contributed by atoms with E-state index < -0.39 is 17.3 Å². The van der Waals surface area contributed by atoms with Gasteiger partial charge in [-0.15, -0.1) is 5.10 Å². The number of halogens is 1. The van der Waals surface area contributed by atoms with Crippen LogP contribution in [0.25, 0.3) is 5.65 Å². The molecule has 0 radical (unpaired) electrons. The van der Waals surface area contributed by atoms with Gasteiger partial charge in [-0.05, 0) is 56.1 Å². The van der Waals surface area contributed by atoms with Crippen LogP contribution in [0.4, 0.5) is 10.2 Å². The lowest BCUT2D eigenvalue weighted by Crippen LogP contribution is -2.53. The van der Waals surface area contributed by atoms with E-state index in [2.05, 4.69) is 30.3 Å². The summed E-state index contributed by atoms with van der Waals surface area (Å²) >= 11 is 0. The first-order valence-corrected chi connectivity index (χ1v) is 12.7. The van der Waals surface area contributed by atoms with Crippen LogP contribution in [-0.4, -0.2) is 85.7 Å². The molecule has 6 rings (SSSR count). The Balaban J connectivity index is 1.23. The van der Waals surface area contributed by atoms with Crippen LogP contribution < -0.4 is 11.1 Å². The van der Waals surface area contributed by atoms with E-state index in [0.717, 1.165) is 48.4 Å². The fourth-order valence-corrected chi connectivity index (χ4v) is 5.38. The lowest BCUT2D eigenvalue weighted by molar-refractivity contribution is -0.125. The molecule has 38 heavy (non-hydrogen) atoms. The van der Waals surface area contributed by atoms with Crippen molar-refractivity contribution >= 4 is 29.0 Å². The molecule has 1 unspecified atom stereocenters. The molecule has 3 N–H and O–H groups in total. The first kappa shape index (κ1) is 24.2. The molecule has 11 nitrogen and oxygen atoms in total. The maximum atomic E-state index is 13.6. The van der Waals surface area contributed by atoms with Gasteiger partial charge in [-0.3, -0.25) is 19.6 Å². The van der Waals surface area contributed by atoms with Crippen molar-refractivity contribution in [1.82, 2.24) is 34.7 Å². The summed E-state index contributed by atoms with van der Waals surface area (Å²) in [5, 5.41) is 7.03. The van der Waals surface area contributed by atoms with Gasteiger partial charge in [-0.25, -0.2) is 13.9 Å². The highest BCUT2D eigenvalue weighted by molar-refractivity contribution is 6.43. The molecule has 1 atom stereocenters. The number of nitrogen functional groups attached to an aromatic ring is 1. The zero-order valence-electron chi connectivity index (χ0n) is 20.8. The third-order valence-corrected chi connectivity index (χ3v) is 7.63. The summed E-state index contributed by atoms with van der Waals surface area (Å²) in [4.78, 5) is 43.8. The van der Waals surface area contributed by atoms with Gasteiger partial charge in [0.1, 0.15) is 16.8 Å². The SMILES string of the molecule is Nc1nn2cc(F)cnc2c1C(=O)NC1(c2ccncc2)C=CC(C(=O)N2CCC(N3CCC3)CC2)=NC1. The summed E-state index contributed by atoms with van der Waals surface area (Å²) in [6.07, 6.45) is 12.0. The third-order valence-electron chi connectivity index (χ3n) is 7.63. The van der Waals surface area contributed by atoms with Crippen LogP contribution in [0, 0.1) is 5.82 Å². The first-order chi connectivity index (χ1) is 18.4. The Bertz CT molecular complexity index is 1440. The van der Waals surface area contributed by atoms with Gasteiger partial charge in [0.05, 0.1) is 18.9 Å². The van der Waals surface area contributed by atoms with Crippen LogP contribution in [0.1, 0.15) is 35.2 Å². The van der Waals surface area contributed by atoms with Crippen LogP contribution in [0.3, 0.4) is 0 Å². The van der Waals surface area contributed by atoms with Crippen molar-refractivity contribution < 1.29 is 14.0 Å². The van der Waals surface area contributed by atoms with Gasteiger partial charge in [-0.2, -0.15) is 0 Å². The highest BCUT2D eigenvalue weighted by Gasteiger charge is 2.37. The zero-order chi connectivity index (χ0) is 26.3. The predicted octanol–water partition coefficient (Wildman–Crippen LogP) is 1.18. The number of anilines is 1. The molecule has 2 saturated heterocycles. The topological polar surface area (TPSA) is 134 Å². The number of nitrogens with zero attached hydrogens (tertiary/aromatic N) is 7. The summed E-state index contributed by atoms with van der Waals surface area (Å²) < 4.78 is 14.8. The minimum atomic E-state index is -1.06. The van der Waals surface area contributed by atoms with Gasteiger partial charge < -0.3 is 20.9 Å². The van der Waals surface area contributed by atoms with Crippen molar-refractivity contribution in [2.45, 2.75) is 30.8 Å². The van der Waals surface area contributed by atoms with Crippen molar-refractivity contribution in [3.8, 4) is 0 Å². The smallest absolute Gasteiger partial charge is 0.271 e. The number of rotatable bonds is 5. The molecular weight excluding hydrogens is 489 g/mol.